The lowest BCUT2D eigenvalue weighted by atomic mass is 10.1. The SMILES string of the molecule is CS(=O)(=NCc1cccc(-c2noc(C(F)(F)F)n2)c1)c1nccs1. The summed E-state index contributed by atoms with van der Waals surface area (Å²) in [7, 11) is -2.62. The van der Waals surface area contributed by atoms with Crippen molar-refractivity contribution in [1.29, 1.82) is 0 Å². The molecular weight excluding hydrogens is 377 g/mol. The second kappa shape index (κ2) is 6.56. The fraction of sp³-hybridized carbons (Fsp3) is 0.214. The molecule has 0 saturated carbocycles. The maximum atomic E-state index is 12.5. The van der Waals surface area contributed by atoms with Crippen LogP contribution in [0.1, 0.15) is 11.5 Å². The minimum Gasteiger partial charge on any atom is -0.329 e. The molecule has 11 heteroatoms. The molecule has 1 unspecified atom stereocenters. The summed E-state index contributed by atoms with van der Waals surface area (Å²) < 4.78 is 58.9. The van der Waals surface area contributed by atoms with E-state index in [1.807, 2.05) is 0 Å². The number of thiazole rings is 1. The van der Waals surface area contributed by atoms with E-state index in [1.165, 1.54) is 17.6 Å². The van der Waals surface area contributed by atoms with Crippen molar-refractivity contribution in [2.24, 2.45) is 4.36 Å². The van der Waals surface area contributed by atoms with Gasteiger partial charge in [-0.15, -0.1) is 11.3 Å². The number of nitrogens with zero attached hydrogens (tertiary/aromatic N) is 4. The van der Waals surface area contributed by atoms with Gasteiger partial charge in [-0.05, 0) is 11.6 Å². The number of benzene rings is 1. The number of hydrogen-bond acceptors (Lipinski definition) is 7. The molecule has 0 amide bonds. The van der Waals surface area contributed by atoms with E-state index in [2.05, 4.69) is 24.0 Å². The van der Waals surface area contributed by atoms with Gasteiger partial charge >= 0.3 is 12.1 Å². The van der Waals surface area contributed by atoms with Crippen molar-refractivity contribution in [3.8, 4) is 11.4 Å². The minimum atomic E-state index is -4.69. The summed E-state index contributed by atoms with van der Waals surface area (Å²) >= 11 is 1.25. The number of alkyl halides is 3. The van der Waals surface area contributed by atoms with E-state index >= 15 is 0 Å². The molecule has 0 spiro atoms. The Balaban J connectivity index is 1.85. The lowest BCUT2D eigenvalue weighted by Crippen LogP contribution is -2.04. The highest BCUT2D eigenvalue weighted by molar-refractivity contribution is 7.94. The first kappa shape index (κ1) is 17.5. The Kier molecular flexibility index (Phi) is 4.60. The van der Waals surface area contributed by atoms with Crippen LogP contribution in [0, 0.1) is 0 Å². The van der Waals surface area contributed by atoms with E-state index in [1.54, 1.807) is 35.8 Å². The van der Waals surface area contributed by atoms with Gasteiger partial charge in [0.2, 0.25) is 5.82 Å². The Morgan fingerprint density at radius 3 is 2.80 bits per heavy atom. The van der Waals surface area contributed by atoms with Gasteiger partial charge in [0, 0.05) is 23.4 Å². The van der Waals surface area contributed by atoms with Crippen molar-refractivity contribution in [1.82, 2.24) is 15.1 Å². The predicted octanol–water partition coefficient (Wildman–Crippen LogP) is 3.87. The normalized spacial score (nSPS) is 14.2. The Morgan fingerprint density at radius 1 is 1.36 bits per heavy atom. The Labute approximate surface area is 144 Å². The molecule has 0 bridgehead atoms. The summed E-state index contributed by atoms with van der Waals surface area (Å²) in [5.74, 6) is -1.58. The van der Waals surface area contributed by atoms with E-state index in [9.17, 15) is 17.4 Å². The van der Waals surface area contributed by atoms with Crippen LogP contribution in [-0.2, 0) is 22.5 Å². The summed E-state index contributed by atoms with van der Waals surface area (Å²) in [6.45, 7) is 0.118. The van der Waals surface area contributed by atoms with Crippen LogP contribution < -0.4 is 0 Å². The summed E-state index contributed by atoms with van der Waals surface area (Å²) in [4.78, 5) is 7.35. The summed E-state index contributed by atoms with van der Waals surface area (Å²) in [6.07, 6.45) is -1.65. The summed E-state index contributed by atoms with van der Waals surface area (Å²) in [5, 5.41) is 5.05. The molecule has 6 nitrogen and oxygen atoms in total. The molecule has 0 aliphatic heterocycles. The zero-order valence-electron chi connectivity index (χ0n) is 12.7. The van der Waals surface area contributed by atoms with Crippen LogP contribution in [0.15, 0.2) is 49.1 Å². The number of rotatable bonds is 4. The number of aromatic nitrogens is 3. The van der Waals surface area contributed by atoms with Crippen LogP contribution >= 0.6 is 11.3 Å². The maximum absolute atomic E-state index is 12.5. The maximum Gasteiger partial charge on any atom is 0.471 e. The van der Waals surface area contributed by atoms with Gasteiger partial charge in [0.05, 0.1) is 6.54 Å². The Morgan fingerprint density at radius 2 is 2.16 bits per heavy atom. The monoisotopic (exact) mass is 388 g/mol. The van der Waals surface area contributed by atoms with Gasteiger partial charge in [-0.1, -0.05) is 23.4 Å². The van der Waals surface area contributed by atoms with E-state index < -0.39 is 21.8 Å². The molecule has 0 fully saturated rings. The summed E-state index contributed by atoms with van der Waals surface area (Å²) in [6, 6.07) is 6.48. The third kappa shape index (κ3) is 4.04. The van der Waals surface area contributed by atoms with Gasteiger partial charge in [0.1, 0.15) is 9.73 Å². The van der Waals surface area contributed by atoms with Gasteiger partial charge < -0.3 is 4.52 Å². The first-order valence-corrected chi connectivity index (χ1v) is 9.64. The zero-order chi connectivity index (χ0) is 18.1. The van der Waals surface area contributed by atoms with Crippen molar-refractivity contribution >= 4 is 21.1 Å². The van der Waals surface area contributed by atoms with E-state index in [0.717, 1.165) is 0 Å². The first-order valence-electron chi connectivity index (χ1n) is 6.83. The molecule has 1 aromatic carbocycles. The average molecular weight is 388 g/mol. The molecule has 1 atom stereocenters. The smallest absolute Gasteiger partial charge is 0.329 e. The van der Waals surface area contributed by atoms with Crippen molar-refractivity contribution in [3.05, 3.63) is 47.3 Å². The topological polar surface area (TPSA) is 81.2 Å². The standard InChI is InChI=1S/C14H11F3N4O2S2/c1-25(22,13-18-5-6-24-13)19-8-9-3-2-4-10(7-9)11-20-12(23-21-11)14(15,16)17/h2-7H,8H2,1H3. The largest absolute Gasteiger partial charge is 0.471 e. The van der Waals surface area contributed by atoms with E-state index in [4.69, 9.17) is 0 Å². The molecule has 3 rings (SSSR count). The fourth-order valence-corrected chi connectivity index (χ4v) is 4.08. The minimum absolute atomic E-state index is 0.118. The van der Waals surface area contributed by atoms with Gasteiger partial charge in [-0.25, -0.2) is 13.6 Å². The highest BCUT2D eigenvalue weighted by Crippen LogP contribution is 2.29. The van der Waals surface area contributed by atoms with Crippen molar-refractivity contribution in [3.63, 3.8) is 0 Å². The van der Waals surface area contributed by atoms with Gasteiger partial charge in [0.15, 0.2) is 4.34 Å². The molecule has 0 aliphatic rings. The first-order chi connectivity index (χ1) is 11.8. The molecule has 132 valence electrons. The third-order valence-electron chi connectivity index (χ3n) is 3.08. The van der Waals surface area contributed by atoms with Crippen LogP contribution in [0.3, 0.4) is 0 Å². The Hall–Kier alpha value is -2.27. The summed E-state index contributed by atoms with van der Waals surface area (Å²) in [5.41, 5.74) is 1.01. The van der Waals surface area contributed by atoms with Crippen molar-refractivity contribution < 1.29 is 21.9 Å². The third-order valence-corrected chi connectivity index (χ3v) is 6.24. The van der Waals surface area contributed by atoms with E-state index in [0.29, 0.717) is 15.5 Å². The van der Waals surface area contributed by atoms with Crippen molar-refractivity contribution in [2.75, 3.05) is 6.26 Å². The lowest BCUT2D eigenvalue weighted by Gasteiger charge is -2.02. The molecule has 3 aromatic rings. The second-order valence-electron chi connectivity index (χ2n) is 5.01. The number of hydrogen-bond donors (Lipinski definition) is 0. The number of halogens is 3. The quantitative estimate of drug-likeness (QED) is 0.678. The molecule has 25 heavy (non-hydrogen) atoms. The van der Waals surface area contributed by atoms with Crippen LogP contribution in [0.5, 0.6) is 0 Å². The Bertz CT molecular complexity index is 990. The fourth-order valence-electron chi connectivity index (χ4n) is 1.91. The average Bonchev–Trinajstić information content (AvgIpc) is 3.24. The molecule has 2 aromatic heterocycles. The van der Waals surface area contributed by atoms with Crippen molar-refractivity contribution in [2.45, 2.75) is 17.1 Å². The highest BCUT2D eigenvalue weighted by atomic mass is 32.2. The van der Waals surface area contributed by atoms with Crippen LogP contribution in [0.25, 0.3) is 11.4 Å². The van der Waals surface area contributed by atoms with Gasteiger partial charge in [-0.3, -0.25) is 0 Å². The highest BCUT2D eigenvalue weighted by Gasteiger charge is 2.38. The molecular formula is C14H11F3N4O2S2. The second-order valence-corrected chi connectivity index (χ2v) is 8.41. The van der Waals surface area contributed by atoms with Gasteiger partial charge in [-0.2, -0.15) is 18.2 Å². The molecule has 0 aliphatic carbocycles. The van der Waals surface area contributed by atoms with Crippen LogP contribution in [0.4, 0.5) is 13.2 Å². The van der Waals surface area contributed by atoms with Crippen LogP contribution in [0.2, 0.25) is 0 Å². The molecule has 2 heterocycles. The van der Waals surface area contributed by atoms with Crippen LogP contribution in [-0.4, -0.2) is 25.6 Å². The zero-order valence-corrected chi connectivity index (χ0v) is 14.4. The molecule has 0 saturated heterocycles. The molecule has 0 N–H and O–H groups in total. The molecule has 0 radical (unpaired) electrons. The lowest BCUT2D eigenvalue weighted by molar-refractivity contribution is -0.159. The van der Waals surface area contributed by atoms with Gasteiger partial charge in [0.25, 0.3) is 0 Å². The predicted molar refractivity (Wildman–Crippen MR) is 85.3 cm³/mol. The van der Waals surface area contributed by atoms with E-state index in [-0.39, 0.29) is 12.4 Å².